The molecule has 0 saturated heterocycles. The van der Waals surface area contributed by atoms with Gasteiger partial charge in [0.25, 0.3) is 16.7 Å². The van der Waals surface area contributed by atoms with Crippen LogP contribution < -0.4 is 40.2 Å². The Balaban J connectivity index is 0.00000114. The summed E-state index contributed by atoms with van der Waals surface area (Å²) in [4.78, 5) is 26.8. The molecule has 0 atom stereocenters. The second-order valence-electron chi connectivity index (χ2n) is 6.67. The molecular weight excluding hydrogens is 509 g/mol. The average Bonchev–Trinajstić information content (AvgIpc) is 2.72. The van der Waals surface area contributed by atoms with Gasteiger partial charge in [-0.1, -0.05) is 16.6 Å². The van der Waals surface area contributed by atoms with E-state index < -0.39 is 32.5 Å². The number of benzene rings is 3. The van der Waals surface area contributed by atoms with Gasteiger partial charge in [0.1, 0.15) is 0 Å². The minimum Gasteiger partial charge on any atom is -0.375 e. The summed E-state index contributed by atoms with van der Waals surface area (Å²) in [6.45, 7) is 8.07. The Morgan fingerprint density at radius 1 is 1.09 bits per heavy atom. The summed E-state index contributed by atoms with van der Waals surface area (Å²) in [5.74, 6) is -0.974. The zero-order valence-corrected chi connectivity index (χ0v) is 22.0. The number of hydrogen-bond acceptors (Lipinski definition) is 7. The standard InChI is InChI=1S/C21H16N3O5S.Na.O3S/c1-13-10-15-4-3-5-17(20(15)18(11-13)30(27,28)29)24-21(26)14-6-8-16(9-7-14)23-19(25)12-22-2;;1-4(2)3/h4-11H,12H2,1H3,(H,23,25)(H,24,26)(H,27,28,29);;/q-1;+1;. The Kier molecular flexibility index (Phi) is 11.2. The molecule has 0 heterocycles. The smallest absolute Gasteiger partial charge is 0.375 e. The van der Waals surface area contributed by atoms with Crippen molar-refractivity contribution in [2.75, 3.05) is 17.2 Å². The van der Waals surface area contributed by atoms with Gasteiger partial charge >= 0.3 is 46.1 Å². The van der Waals surface area contributed by atoms with Crippen LogP contribution in [0.15, 0.2) is 53.4 Å². The van der Waals surface area contributed by atoms with Gasteiger partial charge in [0, 0.05) is 11.3 Å². The number of fused-ring (bicyclic) bond motifs is 1. The van der Waals surface area contributed by atoms with E-state index in [2.05, 4.69) is 21.5 Å². The molecule has 2 amide bonds. The van der Waals surface area contributed by atoms with Gasteiger partial charge in [0.2, 0.25) is 5.91 Å². The Morgan fingerprint density at radius 3 is 2.23 bits per heavy atom. The predicted molar refractivity (Wildman–Crippen MR) is 122 cm³/mol. The molecule has 0 radical (unpaired) electrons. The number of nitrogens with one attached hydrogen (secondary N) is 2. The second-order valence-corrected chi connectivity index (χ2v) is 8.47. The first-order valence-corrected chi connectivity index (χ1v) is 11.6. The van der Waals surface area contributed by atoms with Crippen molar-refractivity contribution in [1.82, 2.24) is 0 Å². The van der Waals surface area contributed by atoms with Gasteiger partial charge in [-0.2, -0.15) is 26.6 Å². The van der Waals surface area contributed by atoms with Gasteiger partial charge < -0.3 is 15.5 Å². The van der Waals surface area contributed by atoms with Crippen molar-refractivity contribution in [2.24, 2.45) is 0 Å². The molecule has 0 spiro atoms. The molecule has 11 nitrogen and oxygen atoms in total. The number of amides is 2. The van der Waals surface area contributed by atoms with E-state index in [1.807, 2.05) is 0 Å². The summed E-state index contributed by atoms with van der Waals surface area (Å²) < 4.78 is 58.7. The van der Waals surface area contributed by atoms with Gasteiger partial charge in [-0.25, -0.2) is 6.57 Å². The SMILES string of the molecule is O=S(=O)=O.[C-]#[N+]CC(=O)Nc1ccc(C(=O)Nc2c[c-]cc3cc(C)cc(S(=O)(=O)O)c23)cc1.[Na+]. The van der Waals surface area contributed by atoms with Crippen LogP contribution in [-0.4, -0.2) is 44.0 Å². The van der Waals surface area contributed by atoms with E-state index in [-0.39, 0.29) is 57.6 Å². The van der Waals surface area contributed by atoms with Gasteiger partial charge in [0.15, 0.2) is 0 Å². The van der Waals surface area contributed by atoms with Gasteiger partial charge in [-0.05, 0) is 37.3 Å². The third-order valence-electron chi connectivity index (χ3n) is 4.19. The minimum atomic E-state index is -4.52. The molecule has 3 rings (SSSR count). The number of nitrogens with zero attached hydrogens (tertiary/aromatic N) is 1. The number of carbonyl (C=O) groups is 2. The molecule has 0 aromatic heterocycles. The number of anilines is 2. The molecule has 0 unspecified atom stereocenters. The molecular formula is C21H16N3NaO8S2. The second kappa shape index (κ2) is 13.1. The van der Waals surface area contributed by atoms with Crippen molar-refractivity contribution in [3.63, 3.8) is 0 Å². The van der Waals surface area contributed by atoms with Crippen molar-refractivity contribution in [3.05, 3.63) is 77.1 Å². The Bertz CT molecular complexity index is 1510. The van der Waals surface area contributed by atoms with E-state index in [4.69, 9.17) is 19.2 Å². The number of hydrogen-bond donors (Lipinski definition) is 3. The van der Waals surface area contributed by atoms with Gasteiger partial charge in [-0.3, -0.25) is 14.1 Å². The fraction of sp³-hybridized carbons (Fsp3) is 0.0952. The van der Waals surface area contributed by atoms with Crippen LogP contribution in [0.3, 0.4) is 0 Å². The maximum atomic E-state index is 12.7. The Labute approximate surface area is 224 Å². The van der Waals surface area contributed by atoms with E-state index >= 15 is 0 Å². The summed E-state index contributed by atoms with van der Waals surface area (Å²) in [6.07, 6.45) is 0. The average molecular weight is 525 g/mol. The van der Waals surface area contributed by atoms with Crippen molar-refractivity contribution in [1.29, 1.82) is 0 Å². The molecule has 0 aliphatic heterocycles. The van der Waals surface area contributed by atoms with Crippen molar-refractivity contribution < 1.29 is 64.7 Å². The zero-order chi connectivity index (χ0) is 25.5. The summed E-state index contributed by atoms with van der Waals surface area (Å²) >= 11 is 0. The van der Waals surface area contributed by atoms with Crippen LogP contribution in [0.5, 0.6) is 0 Å². The van der Waals surface area contributed by atoms with Crippen LogP contribution in [0.25, 0.3) is 15.6 Å². The monoisotopic (exact) mass is 525 g/mol. The maximum Gasteiger partial charge on any atom is 1.00 e. The van der Waals surface area contributed by atoms with E-state index in [9.17, 15) is 22.6 Å². The zero-order valence-electron chi connectivity index (χ0n) is 18.4. The number of rotatable bonds is 5. The van der Waals surface area contributed by atoms with E-state index in [1.54, 1.807) is 19.1 Å². The third kappa shape index (κ3) is 8.87. The van der Waals surface area contributed by atoms with Gasteiger partial charge in [-0.15, -0.1) is 24.1 Å². The van der Waals surface area contributed by atoms with E-state index in [0.29, 0.717) is 16.6 Å². The van der Waals surface area contributed by atoms with Crippen LogP contribution in [0.4, 0.5) is 11.4 Å². The molecule has 14 heteroatoms. The van der Waals surface area contributed by atoms with Crippen molar-refractivity contribution in [3.8, 4) is 0 Å². The maximum absolute atomic E-state index is 12.7. The summed E-state index contributed by atoms with van der Waals surface area (Å²) in [5, 5.41) is 5.85. The molecule has 0 bridgehead atoms. The normalized spacial score (nSPS) is 10.1. The first-order chi connectivity index (χ1) is 15.9. The van der Waals surface area contributed by atoms with E-state index in [1.165, 1.54) is 36.4 Å². The van der Waals surface area contributed by atoms with Gasteiger partial charge in [0.05, 0.1) is 4.90 Å². The summed E-state index contributed by atoms with van der Waals surface area (Å²) in [5.41, 5.74) is 1.50. The molecule has 0 aliphatic carbocycles. The topological polar surface area (TPSA) is 168 Å². The minimum absolute atomic E-state index is 0. The molecule has 176 valence electrons. The van der Waals surface area contributed by atoms with Crippen LogP contribution in [-0.2, 0) is 25.5 Å². The first-order valence-electron chi connectivity index (χ1n) is 9.15. The number of carbonyl (C=O) groups excluding carboxylic acids is 2. The van der Waals surface area contributed by atoms with Crippen LogP contribution >= 0.6 is 0 Å². The molecule has 3 N–H and O–H groups in total. The predicted octanol–water partition coefficient (Wildman–Crippen LogP) is -0.695. The quantitative estimate of drug-likeness (QED) is 0.223. The Morgan fingerprint density at radius 2 is 1.69 bits per heavy atom. The van der Waals surface area contributed by atoms with Crippen molar-refractivity contribution >= 4 is 54.7 Å². The summed E-state index contributed by atoms with van der Waals surface area (Å²) in [7, 11) is -7.63. The largest absolute Gasteiger partial charge is 1.00 e. The molecule has 0 fully saturated rings. The van der Waals surface area contributed by atoms with Crippen LogP contribution in [0.1, 0.15) is 15.9 Å². The summed E-state index contributed by atoms with van der Waals surface area (Å²) in [6, 6.07) is 14.9. The molecule has 3 aromatic carbocycles. The van der Waals surface area contributed by atoms with E-state index in [0.717, 1.165) is 0 Å². The Hall–Kier alpha value is -3.12. The van der Waals surface area contributed by atoms with Crippen LogP contribution in [0, 0.1) is 19.6 Å². The fourth-order valence-electron chi connectivity index (χ4n) is 2.94. The molecule has 3 aromatic rings. The van der Waals surface area contributed by atoms with Crippen LogP contribution in [0.2, 0.25) is 0 Å². The first kappa shape index (κ1) is 29.9. The number of aryl methyl sites for hydroxylation is 1. The molecule has 35 heavy (non-hydrogen) atoms. The van der Waals surface area contributed by atoms with Crippen molar-refractivity contribution in [2.45, 2.75) is 11.8 Å². The molecule has 0 aliphatic rings. The molecule has 0 saturated carbocycles. The third-order valence-corrected chi connectivity index (χ3v) is 5.07. The fourth-order valence-corrected chi connectivity index (χ4v) is 3.76.